The molecule has 9 atom stereocenters. The minimum atomic E-state index is -1.07. The summed E-state index contributed by atoms with van der Waals surface area (Å²) >= 11 is 0. The van der Waals surface area contributed by atoms with Gasteiger partial charge in [-0.1, -0.05) is 44.5 Å². The maximum absolute atomic E-state index is 13.1. The molecule has 248 valence electrons. The highest BCUT2D eigenvalue weighted by Gasteiger charge is 2.75. The van der Waals surface area contributed by atoms with Gasteiger partial charge in [0, 0.05) is 24.3 Å². The van der Waals surface area contributed by atoms with Gasteiger partial charge in [-0.05, 0) is 83.8 Å². The van der Waals surface area contributed by atoms with E-state index >= 15 is 0 Å². The average molecular weight is 627 g/mol. The monoisotopic (exact) mass is 626 g/mol. The number of rotatable bonds is 7. The molecule has 4 fully saturated rings. The second kappa shape index (κ2) is 11.4. The van der Waals surface area contributed by atoms with Crippen molar-refractivity contribution in [2.45, 2.75) is 109 Å². The number of carbonyl (C=O) groups excluding carboxylic acids is 2. The molecule has 1 aromatic carbocycles. The Morgan fingerprint density at radius 3 is 2.42 bits per heavy atom. The third-order valence-electron chi connectivity index (χ3n) is 11.9. The third-order valence-corrected chi connectivity index (χ3v) is 11.9. The van der Waals surface area contributed by atoms with E-state index in [0.29, 0.717) is 31.4 Å². The first-order chi connectivity index (χ1) is 21.1. The van der Waals surface area contributed by atoms with E-state index in [4.69, 9.17) is 23.7 Å². The van der Waals surface area contributed by atoms with Gasteiger partial charge in [-0.2, -0.15) is 0 Å². The van der Waals surface area contributed by atoms with Crippen molar-refractivity contribution in [2.24, 2.45) is 16.7 Å². The Bertz CT molecular complexity index is 1350. The Balaban J connectivity index is 1.46. The average Bonchev–Trinajstić information content (AvgIpc) is 3.37. The standard InChI is InChI=1S/C35H50N2O8/c1-21-14-17-34(40)18-24-33(5,29-28(27(21)32(34,3)4)44-26(45-29)19-36(6)7)16-15-25-35(24,31(43-25)42-22(2)38)37(8)20-41-30(39)23-12-10-9-11-13-23/h9-13,24-26,28-29,31,40H,14-20H2,1-8H3. The van der Waals surface area contributed by atoms with E-state index in [1.165, 1.54) is 12.5 Å². The minimum Gasteiger partial charge on any atom is -0.446 e. The summed E-state index contributed by atoms with van der Waals surface area (Å²) < 4.78 is 31.9. The summed E-state index contributed by atoms with van der Waals surface area (Å²) in [5.74, 6) is -1.15. The number of hydrogen-bond donors (Lipinski definition) is 1. The summed E-state index contributed by atoms with van der Waals surface area (Å²) in [5.41, 5.74) is -0.213. The maximum atomic E-state index is 13.1. The second-order valence-electron chi connectivity index (χ2n) is 15.0. The summed E-state index contributed by atoms with van der Waals surface area (Å²) in [6.45, 7) is 10.6. The first-order valence-electron chi connectivity index (χ1n) is 16.3. The Labute approximate surface area is 267 Å². The lowest BCUT2D eigenvalue weighted by Gasteiger charge is -2.70. The molecule has 2 saturated heterocycles. The fourth-order valence-corrected chi connectivity index (χ4v) is 9.43. The SMILES string of the molecule is CC(=O)OC1OC2CCC3(C)C4OC(CN(C)C)OC4C4=C(C)CCC(O)(CC3C21N(C)COC(=O)c1ccccc1)C4(C)C. The molecule has 1 aromatic rings. The fourth-order valence-electron chi connectivity index (χ4n) is 9.43. The number of esters is 2. The molecule has 0 radical (unpaired) electrons. The Morgan fingerprint density at radius 2 is 1.76 bits per heavy atom. The van der Waals surface area contributed by atoms with Crippen molar-refractivity contribution >= 4 is 11.9 Å². The van der Waals surface area contributed by atoms with E-state index in [1.807, 2.05) is 32.1 Å². The van der Waals surface area contributed by atoms with Gasteiger partial charge >= 0.3 is 11.9 Å². The van der Waals surface area contributed by atoms with Crippen molar-refractivity contribution in [2.75, 3.05) is 34.4 Å². The highest BCUT2D eigenvalue weighted by Crippen LogP contribution is 2.67. The molecule has 6 rings (SSSR count). The molecule has 9 unspecified atom stereocenters. The number of allylic oxidation sites excluding steroid dienone is 1. The summed E-state index contributed by atoms with van der Waals surface area (Å²) in [4.78, 5) is 29.6. The van der Waals surface area contributed by atoms with Gasteiger partial charge in [-0.15, -0.1) is 0 Å². The van der Waals surface area contributed by atoms with Crippen LogP contribution in [0.5, 0.6) is 0 Å². The van der Waals surface area contributed by atoms with Crippen LogP contribution in [0.25, 0.3) is 0 Å². The highest BCUT2D eigenvalue weighted by molar-refractivity contribution is 5.89. The number of nitrogens with zero attached hydrogens (tertiary/aromatic N) is 2. The van der Waals surface area contributed by atoms with Gasteiger partial charge in [-0.25, -0.2) is 4.79 Å². The number of benzene rings is 1. The van der Waals surface area contributed by atoms with Crippen molar-refractivity contribution in [1.29, 1.82) is 0 Å². The van der Waals surface area contributed by atoms with Gasteiger partial charge in [0.1, 0.15) is 18.4 Å². The Kier molecular flexibility index (Phi) is 8.27. The topological polar surface area (TPSA) is 107 Å². The van der Waals surface area contributed by atoms with Crippen molar-refractivity contribution in [3.63, 3.8) is 0 Å². The molecule has 5 aliphatic rings. The van der Waals surface area contributed by atoms with Crippen molar-refractivity contribution in [3.8, 4) is 0 Å². The summed E-state index contributed by atoms with van der Waals surface area (Å²) in [5, 5.41) is 12.8. The molecular formula is C35H50N2O8. The van der Waals surface area contributed by atoms with E-state index in [9.17, 15) is 14.7 Å². The first-order valence-corrected chi connectivity index (χ1v) is 16.3. The molecule has 2 bridgehead atoms. The molecule has 0 spiro atoms. The molecule has 45 heavy (non-hydrogen) atoms. The summed E-state index contributed by atoms with van der Waals surface area (Å²) in [7, 11) is 5.91. The molecule has 2 aliphatic heterocycles. The van der Waals surface area contributed by atoms with E-state index in [1.54, 1.807) is 24.3 Å². The number of ether oxygens (including phenoxy) is 5. The van der Waals surface area contributed by atoms with Crippen molar-refractivity contribution < 1.29 is 38.4 Å². The number of fused-ring (bicyclic) bond motifs is 8. The molecule has 0 aromatic heterocycles. The lowest BCUT2D eigenvalue weighted by Crippen LogP contribution is -2.83. The molecule has 10 heteroatoms. The normalized spacial score (nSPS) is 40.1. The van der Waals surface area contributed by atoms with Crippen LogP contribution in [-0.4, -0.2) is 103 Å². The van der Waals surface area contributed by atoms with Crippen LogP contribution in [0.1, 0.15) is 77.1 Å². The van der Waals surface area contributed by atoms with Crippen LogP contribution < -0.4 is 0 Å². The van der Waals surface area contributed by atoms with Crippen molar-refractivity contribution in [3.05, 3.63) is 47.0 Å². The zero-order valence-corrected chi connectivity index (χ0v) is 28.0. The largest absolute Gasteiger partial charge is 0.446 e. The smallest absolute Gasteiger partial charge is 0.339 e. The zero-order chi connectivity index (χ0) is 32.5. The quantitative estimate of drug-likeness (QED) is 0.270. The van der Waals surface area contributed by atoms with Gasteiger partial charge < -0.3 is 33.7 Å². The summed E-state index contributed by atoms with van der Waals surface area (Å²) in [6.07, 6.45) is 0.971. The molecule has 2 saturated carbocycles. The van der Waals surface area contributed by atoms with Crippen LogP contribution >= 0.6 is 0 Å². The van der Waals surface area contributed by atoms with Crippen molar-refractivity contribution in [1.82, 2.24) is 9.80 Å². The number of likely N-dealkylation sites (N-methyl/N-ethyl adjacent to an activating group) is 2. The Morgan fingerprint density at radius 1 is 1.04 bits per heavy atom. The third kappa shape index (κ3) is 4.98. The molecule has 10 nitrogen and oxygen atoms in total. The molecule has 1 N–H and O–H groups in total. The van der Waals surface area contributed by atoms with Crippen LogP contribution in [0.4, 0.5) is 0 Å². The van der Waals surface area contributed by atoms with Crippen LogP contribution in [0.2, 0.25) is 0 Å². The lowest BCUT2D eigenvalue weighted by atomic mass is 9.45. The van der Waals surface area contributed by atoms with E-state index in [2.05, 4.69) is 32.6 Å². The van der Waals surface area contributed by atoms with Crippen LogP contribution in [0.3, 0.4) is 0 Å². The molecular weight excluding hydrogens is 576 g/mol. The highest BCUT2D eigenvalue weighted by atomic mass is 16.7. The number of hydrogen-bond acceptors (Lipinski definition) is 10. The van der Waals surface area contributed by atoms with E-state index in [0.717, 1.165) is 18.4 Å². The Hall–Kier alpha value is -2.34. The first kappa shape index (κ1) is 32.6. The molecule has 2 heterocycles. The lowest BCUT2D eigenvalue weighted by molar-refractivity contribution is -0.388. The van der Waals surface area contributed by atoms with Gasteiger partial charge in [0.05, 0.1) is 23.4 Å². The maximum Gasteiger partial charge on any atom is 0.339 e. The van der Waals surface area contributed by atoms with Crippen LogP contribution in [0.15, 0.2) is 41.5 Å². The van der Waals surface area contributed by atoms with Crippen LogP contribution in [0, 0.1) is 16.7 Å². The number of carbonyl (C=O) groups is 2. The molecule has 0 amide bonds. The van der Waals surface area contributed by atoms with E-state index in [-0.39, 0.29) is 31.0 Å². The van der Waals surface area contributed by atoms with Gasteiger partial charge in [0.15, 0.2) is 6.29 Å². The second-order valence-corrected chi connectivity index (χ2v) is 15.0. The van der Waals surface area contributed by atoms with E-state index < -0.39 is 46.5 Å². The minimum absolute atomic E-state index is 0.0429. The van der Waals surface area contributed by atoms with Crippen LogP contribution in [-0.2, 0) is 28.5 Å². The fraction of sp³-hybridized carbons (Fsp3) is 0.714. The molecule has 3 aliphatic carbocycles. The van der Waals surface area contributed by atoms with Gasteiger partial charge in [0.2, 0.25) is 6.29 Å². The van der Waals surface area contributed by atoms with Gasteiger partial charge in [0.25, 0.3) is 0 Å². The summed E-state index contributed by atoms with van der Waals surface area (Å²) in [6, 6.07) is 8.89. The predicted octanol–water partition coefficient (Wildman–Crippen LogP) is 4.12. The number of aliphatic hydroxyl groups is 1. The zero-order valence-electron chi connectivity index (χ0n) is 28.0. The van der Waals surface area contributed by atoms with Gasteiger partial charge in [-0.3, -0.25) is 9.69 Å². The predicted molar refractivity (Wildman–Crippen MR) is 166 cm³/mol.